The normalized spacial score (nSPS) is 30.4. The number of carbonyl (C=O) groups excluding carboxylic acids is 6. The van der Waals surface area contributed by atoms with Crippen molar-refractivity contribution in [3.05, 3.63) is 90.0 Å². The second-order valence-electron chi connectivity index (χ2n) is 19.1. The molecule has 2 aromatic rings. The van der Waals surface area contributed by atoms with Crippen LogP contribution in [0.1, 0.15) is 64.2 Å². The summed E-state index contributed by atoms with van der Waals surface area (Å²) in [6, 6.07) is 15.0. The Morgan fingerprint density at radius 3 is 2.21 bits per heavy atom. The highest BCUT2D eigenvalue weighted by Crippen LogP contribution is 2.72. The van der Waals surface area contributed by atoms with Crippen molar-refractivity contribution in [3.8, 4) is 0 Å². The number of nitrogens with zero attached hydrogens (tertiary/aromatic N) is 1. The third-order valence-electron chi connectivity index (χ3n) is 15.1. The first-order valence-electron chi connectivity index (χ1n) is 24.2. The number of benzene rings is 2. The molecule has 2 aliphatic heterocycles. The quantitative estimate of drug-likeness (QED) is 0.0847. The van der Waals surface area contributed by atoms with E-state index in [4.69, 9.17) is 28.4 Å². The standard InChI is InChI=1S/C52H62FN3O14S/c1-49-17-14-36(58)28-34(49)8-11-39-40-30-43-52(42(60)32-57,50(40,2)31-41(59)51(39,49)53)70-48(69-43)33-6-9-37(10-7-33)71-38-5-3-4-35(29-38)55-45(62)16-20-65-22-24-67-26-27-68-25-23-66-21-18-54-44(61)15-19-56-46(63)12-13-47(56)64/h3-7,9-10,12-14,17,28-29,39-41,43,48,57,59H,8,11,15-16,18-27,30-32H2,1-2H3,(H,54,61)(H,55,62)/t39-,40?,41-,43+,48+,49-,50-,51-,52+/m0/s1. The topological polar surface area (TPSA) is 226 Å². The highest BCUT2D eigenvalue weighted by atomic mass is 32.2. The molecule has 8 rings (SSSR count). The van der Waals surface area contributed by atoms with Gasteiger partial charge in [-0.25, -0.2) is 4.39 Å². The Balaban J connectivity index is 0.716. The van der Waals surface area contributed by atoms with E-state index in [1.54, 1.807) is 19.1 Å². The van der Waals surface area contributed by atoms with Crippen LogP contribution in [0.3, 0.4) is 0 Å². The van der Waals surface area contributed by atoms with Crippen LogP contribution in [0.2, 0.25) is 0 Å². The Morgan fingerprint density at radius 1 is 0.845 bits per heavy atom. The minimum atomic E-state index is -2.08. The first-order valence-corrected chi connectivity index (χ1v) is 25.0. The highest BCUT2D eigenvalue weighted by molar-refractivity contribution is 7.99. The van der Waals surface area contributed by atoms with Crippen molar-refractivity contribution in [2.75, 3.05) is 77.9 Å². The molecule has 1 saturated heterocycles. The van der Waals surface area contributed by atoms with E-state index in [-0.39, 0.29) is 56.6 Å². The number of alkyl halides is 1. The van der Waals surface area contributed by atoms with Gasteiger partial charge in [-0.15, -0.1) is 0 Å². The summed E-state index contributed by atoms with van der Waals surface area (Å²) in [6.07, 6.45) is 4.91. The number of amides is 4. The van der Waals surface area contributed by atoms with E-state index in [1.807, 2.05) is 49.4 Å². The number of halogens is 1. The number of rotatable bonds is 24. The molecule has 0 spiro atoms. The Hall–Kier alpha value is -4.96. The number of anilines is 1. The number of allylic oxidation sites excluding steroid dienone is 4. The summed E-state index contributed by atoms with van der Waals surface area (Å²) in [5.74, 6) is -3.12. The third-order valence-corrected chi connectivity index (χ3v) is 16.1. The molecule has 0 bridgehead atoms. The average molecular weight is 1000 g/mol. The summed E-state index contributed by atoms with van der Waals surface area (Å²) < 4.78 is 52.9. The van der Waals surface area contributed by atoms with Crippen LogP contribution in [-0.4, -0.2) is 146 Å². The van der Waals surface area contributed by atoms with Gasteiger partial charge >= 0.3 is 0 Å². The van der Waals surface area contributed by atoms with Crippen LogP contribution in [0.15, 0.2) is 94.3 Å². The maximum absolute atomic E-state index is 17.7. The number of nitrogens with one attached hydrogen (secondary N) is 2. The van der Waals surface area contributed by atoms with E-state index in [0.29, 0.717) is 82.3 Å². The van der Waals surface area contributed by atoms with Gasteiger partial charge < -0.3 is 49.3 Å². The van der Waals surface area contributed by atoms with Crippen LogP contribution >= 0.6 is 11.8 Å². The van der Waals surface area contributed by atoms with E-state index < -0.39 is 76.6 Å². The number of hydrogen-bond donors (Lipinski definition) is 4. The summed E-state index contributed by atoms with van der Waals surface area (Å²) >= 11 is 1.49. The Bertz CT molecular complexity index is 2420. The van der Waals surface area contributed by atoms with Gasteiger partial charge in [0.1, 0.15) is 6.61 Å². The Morgan fingerprint density at radius 2 is 1.52 bits per heavy atom. The van der Waals surface area contributed by atoms with Crippen molar-refractivity contribution in [2.45, 2.75) is 91.9 Å². The van der Waals surface area contributed by atoms with Gasteiger partial charge in [-0.2, -0.15) is 0 Å². The summed E-state index contributed by atoms with van der Waals surface area (Å²) in [5, 5.41) is 27.8. The van der Waals surface area contributed by atoms with Gasteiger partial charge in [0, 0.05) is 69.5 Å². The number of aliphatic hydroxyl groups excluding tert-OH is 2. The lowest BCUT2D eigenvalue weighted by Gasteiger charge is -2.62. The summed E-state index contributed by atoms with van der Waals surface area (Å²) in [6.45, 7) is 5.68. The zero-order valence-electron chi connectivity index (χ0n) is 39.9. The highest BCUT2D eigenvalue weighted by Gasteiger charge is 2.79. The molecule has 71 heavy (non-hydrogen) atoms. The number of fused-ring (bicyclic) bond motifs is 7. The molecule has 4 amide bonds. The average Bonchev–Trinajstić information content (AvgIpc) is 3.97. The van der Waals surface area contributed by atoms with Gasteiger partial charge in [0.2, 0.25) is 11.8 Å². The molecule has 9 atom stereocenters. The smallest absolute Gasteiger partial charge is 0.253 e. The molecule has 4 fully saturated rings. The summed E-state index contributed by atoms with van der Waals surface area (Å²) in [7, 11) is 0. The minimum Gasteiger partial charge on any atom is -0.390 e. The first kappa shape index (κ1) is 52.4. The lowest BCUT2D eigenvalue weighted by Crippen LogP contribution is -2.69. The van der Waals surface area contributed by atoms with Gasteiger partial charge in [-0.1, -0.05) is 48.5 Å². The number of Topliss-reactive ketones (excluding diaryl/α,β-unsaturated/α-hetero) is 1. The second kappa shape index (κ2) is 22.4. The van der Waals surface area contributed by atoms with Crippen molar-refractivity contribution in [3.63, 3.8) is 0 Å². The maximum atomic E-state index is 17.7. The van der Waals surface area contributed by atoms with Crippen molar-refractivity contribution in [2.24, 2.45) is 22.7 Å². The molecule has 382 valence electrons. The molecule has 17 nitrogen and oxygen atoms in total. The van der Waals surface area contributed by atoms with Crippen LogP contribution in [-0.2, 0) is 57.2 Å². The molecule has 2 aromatic carbocycles. The Labute approximate surface area is 415 Å². The van der Waals surface area contributed by atoms with Crippen molar-refractivity contribution < 1.29 is 71.8 Å². The van der Waals surface area contributed by atoms with E-state index in [2.05, 4.69) is 10.6 Å². The van der Waals surface area contributed by atoms with Gasteiger partial charge in [-0.3, -0.25) is 33.7 Å². The molecule has 6 aliphatic rings. The second-order valence-corrected chi connectivity index (χ2v) is 20.2. The molecule has 1 unspecified atom stereocenters. The zero-order chi connectivity index (χ0) is 50.4. The first-order chi connectivity index (χ1) is 34.1. The monoisotopic (exact) mass is 1000 g/mol. The van der Waals surface area contributed by atoms with Crippen molar-refractivity contribution in [1.82, 2.24) is 10.2 Å². The Kier molecular flexibility index (Phi) is 16.5. The fraction of sp³-hybridized carbons (Fsp3) is 0.538. The predicted octanol–water partition coefficient (Wildman–Crippen LogP) is 4.36. The number of aliphatic hydroxyl groups is 2. The van der Waals surface area contributed by atoms with Crippen LogP contribution in [0.5, 0.6) is 0 Å². The van der Waals surface area contributed by atoms with Gasteiger partial charge in [0.25, 0.3) is 11.8 Å². The lowest BCUT2D eigenvalue weighted by atomic mass is 9.44. The van der Waals surface area contributed by atoms with E-state index in [9.17, 15) is 39.0 Å². The van der Waals surface area contributed by atoms with Crippen LogP contribution in [0, 0.1) is 22.7 Å². The predicted molar refractivity (Wildman–Crippen MR) is 254 cm³/mol. The van der Waals surface area contributed by atoms with Crippen molar-refractivity contribution >= 4 is 52.6 Å². The SMILES string of the molecule is C[C@]12C=CC(=O)C=C1CC[C@H]1C3C[C@H]4O[C@@H](c5ccc(Sc6cccc(NC(=O)CCOCCOCCOCCOCCNC(=O)CCN7C(=O)C=CC7=O)c6)cc5)O[C@@]4(C(=O)CO)[C@@]3(C)C[C@H](O)[C@@]12F. The number of imide groups is 1. The van der Waals surface area contributed by atoms with Gasteiger partial charge in [-0.05, 0) is 81.0 Å². The molecule has 0 radical (unpaired) electrons. The van der Waals surface area contributed by atoms with Crippen LogP contribution in [0.25, 0.3) is 0 Å². The molecule has 4 N–H and O–H groups in total. The number of ether oxygens (including phenoxy) is 6. The van der Waals surface area contributed by atoms with Gasteiger partial charge in [0.15, 0.2) is 29.1 Å². The van der Waals surface area contributed by atoms with E-state index >= 15 is 4.39 Å². The molecular weight excluding hydrogens is 942 g/mol. The largest absolute Gasteiger partial charge is 0.390 e. The molecule has 3 saturated carbocycles. The molecule has 19 heteroatoms. The number of ketones is 2. The van der Waals surface area contributed by atoms with Crippen LogP contribution in [0.4, 0.5) is 10.1 Å². The maximum Gasteiger partial charge on any atom is 0.253 e. The van der Waals surface area contributed by atoms with E-state index in [0.717, 1.165) is 14.7 Å². The third kappa shape index (κ3) is 10.6. The number of carbonyl (C=O) groups is 6. The van der Waals surface area contributed by atoms with Crippen LogP contribution < -0.4 is 10.6 Å². The molecule has 4 aliphatic carbocycles. The summed E-state index contributed by atoms with van der Waals surface area (Å²) in [4.78, 5) is 76.7. The summed E-state index contributed by atoms with van der Waals surface area (Å²) in [5.41, 5.74) is -3.96. The van der Waals surface area contributed by atoms with Crippen molar-refractivity contribution in [1.29, 1.82) is 0 Å². The molecule has 0 aromatic heterocycles. The molecular formula is C52H62FN3O14S. The fourth-order valence-electron chi connectivity index (χ4n) is 11.6. The fourth-order valence-corrected chi connectivity index (χ4v) is 12.4. The van der Waals surface area contributed by atoms with E-state index in [1.165, 1.54) is 36.1 Å². The molecule has 2 heterocycles. The van der Waals surface area contributed by atoms with Gasteiger partial charge in [0.05, 0.1) is 71.5 Å². The number of hydrogen-bond acceptors (Lipinski definition) is 15. The lowest BCUT2D eigenvalue weighted by molar-refractivity contribution is -0.231. The zero-order valence-corrected chi connectivity index (χ0v) is 40.8. The minimum absolute atomic E-state index is 0.0213.